The van der Waals surface area contributed by atoms with Gasteiger partial charge in [-0.15, -0.1) is 0 Å². The molecule has 24 heavy (non-hydrogen) atoms. The third-order valence-corrected chi connectivity index (χ3v) is 3.59. The van der Waals surface area contributed by atoms with Crippen molar-refractivity contribution in [1.29, 1.82) is 0 Å². The standard InChI is InChI=1S/C17H13N3O4/c1-11-2-4-12(5-3-11)17(21)18-16-9-6-13-10-14(20(23)24)7-8-15(13)19(16)22/h2-10,22H,1H3. The Morgan fingerprint density at radius 1 is 1.12 bits per heavy atom. The van der Waals surface area contributed by atoms with Crippen LogP contribution in [0.15, 0.2) is 59.6 Å². The summed E-state index contributed by atoms with van der Waals surface area (Å²) in [4.78, 5) is 26.4. The maximum Gasteiger partial charge on any atom is 0.279 e. The Kier molecular flexibility index (Phi) is 3.83. The lowest BCUT2D eigenvalue weighted by Gasteiger charge is -2.04. The molecule has 0 unspecified atom stereocenters. The van der Waals surface area contributed by atoms with E-state index in [4.69, 9.17) is 0 Å². The second-order valence-corrected chi connectivity index (χ2v) is 5.29. The molecule has 1 heterocycles. The van der Waals surface area contributed by atoms with Crippen LogP contribution >= 0.6 is 0 Å². The molecule has 0 fully saturated rings. The number of carbonyl (C=O) groups excluding carboxylic acids is 1. The summed E-state index contributed by atoms with van der Waals surface area (Å²) in [6, 6.07) is 13.9. The lowest BCUT2D eigenvalue weighted by Crippen LogP contribution is -2.20. The van der Waals surface area contributed by atoms with E-state index >= 15 is 0 Å². The molecule has 1 amide bonds. The van der Waals surface area contributed by atoms with Gasteiger partial charge >= 0.3 is 0 Å². The number of hydrogen-bond donors (Lipinski definition) is 1. The van der Waals surface area contributed by atoms with Crippen molar-refractivity contribution < 1.29 is 14.9 Å². The molecule has 7 nitrogen and oxygen atoms in total. The molecular formula is C17H13N3O4. The van der Waals surface area contributed by atoms with E-state index in [-0.39, 0.29) is 11.2 Å². The maximum absolute atomic E-state index is 12.2. The van der Waals surface area contributed by atoms with E-state index in [9.17, 15) is 20.1 Å². The summed E-state index contributed by atoms with van der Waals surface area (Å²) in [6.07, 6.45) is 0. The molecule has 0 saturated heterocycles. The molecule has 1 aromatic heterocycles. The minimum Gasteiger partial charge on any atom is -0.426 e. The van der Waals surface area contributed by atoms with Crippen molar-refractivity contribution >= 4 is 22.5 Å². The van der Waals surface area contributed by atoms with Gasteiger partial charge in [-0.1, -0.05) is 17.7 Å². The number of pyridine rings is 1. The average molecular weight is 323 g/mol. The minimum atomic E-state index is -0.514. The van der Waals surface area contributed by atoms with Gasteiger partial charge in [-0.25, -0.2) is 0 Å². The molecule has 0 spiro atoms. The van der Waals surface area contributed by atoms with Crippen molar-refractivity contribution in [2.45, 2.75) is 6.92 Å². The number of nitrogens with zero attached hydrogens (tertiary/aromatic N) is 3. The van der Waals surface area contributed by atoms with Gasteiger partial charge in [0.05, 0.1) is 10.4 Å². The van der Waals surface area contributed by atoms with Gasteiger partial charge in [0.1, 0.15) is 0 Å². The van der Waals surface area contributed by atoms with Gasteiger partial charge in [0.15, 0.2) is 5.49 Å². The fourth-order valence-corrected chi connectivity index (χ4v) is 2.29. The minimum absolute atomic E-state index is 0.0435. The normalized spacial score (nSPS) is 11.6. The molecule has 0 radical (unpaired) electrons. The van der Waals surface area contributed by atoms with Crippen LogP contribution in [-0.4, -0.2) is 20.8 Å². The molecule has 1 N–H and O–H groups in total. The van der Waals surface area contributed by atoms with E-state index in [0.717, 1.165) is 10.3 Å². The van der Waals surface area contributed by atoms with Crippen molar-refractivity contribution in [3.8, 4) is 0 Å². The fourth-order valence-electron chi connectivity index (χ4n) is 2.29. The van der Waals surface area contributed by atoms with Crippen LogP contribution in [0.3, 0.4) is 0 Å². The summed E-state index contributed by atoms with van der Waals surface area (Å²) in [6.45, 7) is 1.91. The van der Waals surface area contributed by atoms with Crippen LogP contribution in [0.2, 0.25) is 0 Å². The van der Waals surface area contributed by atoms with Gasteiger partial charge in [-0.2, -0.15) is 9.72 Å². The van der Waals surface area contributed by atoms with E-state index in [1.54, 1.807) is 30.3 Å². The van der Waals surface area contributed by atoms with Crippen molar-refractivity contribution in [2.75, 3.05) is 0 Å². The largest absolute Gasteiger partial charge is 0.426 e. The monoisotopic (exact) mass is 323 g/mol. The summed E-state index contributed by atoms with van der Waals surface area (Å²) in [5.74, 6) is -0.487. The maximum atomic E-state index is 12.2. The van der Waals surface area contributed by atoms with Gasteiger partial charge in [-0.05, 0) is 37.3 Å². The molecule has 0 atom stereocenters. The number of aromatic nitrogens is 1. The Balaban J connectivity index is 2.08. The molecule has 0 bridgehead atoms. The van der Waals surface area contributed by atoms with Crippen molar-refractivity contribution in [3.05, 3.63) is 81.3 Å². The summed E-state index contributed by atoms with van der Waals surface area (Å²) < 4.78 is 0.741. The zero-order chi connectivity index (χ0) is 17.3. The number of hydrogen-bond acceptors (Lipinski definition) is 4. The average Bonchev–Trinajstić information content (AvgIpc) is 2.57. The Bertz CT molecular complexity index is 1020. The lowest BCUT2D eigenvalue weighted by molar-refractivity contribution is -0.384. The summed E-state index contributed by atoms with van der Waals surface area (Å²) >= 11 is 0. The zero-order valence-electron chi connectivity index (χ0n) is 12.7. The van der Waals surface area contributed by atoms with Crippen LogP contribution in [0, 0.1) is 17.0 Å². The zero-order valence-corrected chi connectivity index (χ0v) is 12.7. The molecule has 120 valence electrons. The predicted octanol–water partition coefficient (Wildman–Crippen LogP) is 2.84. The molecule has 2 aromatic carbocycles. The second-order valence-electron chi connectivity index (χ2n) is 5.29. The van der Waals surface area contributed by atoms with Crippen molar-refractivity contribution in [1.82, 2.24) is 4.73 Å². The third kappa shape index (κ3) is 2.87. The quantitative estimate of drug-likeness (QED) is 0.445. The van der Waals surface area contributed by atoms with Gasteiger partial charge in [0, 0.05) is 23.1 Å². The van der Waals surface area contributed by atoms with Gasteiger partial charge in [0.25, 0.3) is 11.6 Å². The van der Waals surface area contributed by atoms with E-state index in [1.807, 2.05) is 6.92 Å². The molecule has 0 saturated carbocycles. The number of nitro benzene ring substituents is 1. The molecule has 7 heteroatoms. The topological polar surface area (TPSA) is 97.7 Å². The van der Waals surface area contributed by atoms with Crippen LogP contribution < -0.4 is 5.49 Å². The van der Waals surface area contributed by atoms with Gasteiger partial charge in [0.2, 0.25) is 0 Å². The SMILES string of the molecule is Cc1ccc(C(=O)N=c2ccc3cc([N+](=O)[O-])ccc3n2O)cc1. The first-order valence-corrected chi connectivity index (χ1v) is 7.11. The molecule has 0 aliphatic heterocycles. The third-order valence-electron chi connectivity index (χ3n) is 3.59. The van der Waals surface area contributed by atoms with Crippen LogP contribution in [0.25, 0.3) is 10.9 Å². The number of fused-ring (bicyclic) bond motifs is 1. The number of benzene rings is 2. The number of non-ortho nitro benzene ring substituents is 1. The first-order chi connectivity index (χ1) is 11.5. The Hall–Kier alpha value is -3.48. The van der Waals surface area contributed by atoms with Crippen molar-refractivity contribution in [2.24, 2.45) is 4.99 Å². The summed E-state index contributed by atoms with van der Waals surface area (Å²) in [5.41, 5.74) is 1.71. The highest BCUT2D eigenvalue weighted by molar-refractivity contribution is 5.95. The Morgan fingerprint density at radius 3 is 2.50 bits per heavy atom. The van der Waals surface area contributed by atoms with E-state index in [2.05, 4.69) is 4.99 Å². The fraction of sp³-hybridized carbons (Fsp3) is 0.0588. The number of rotatable bonds is 2. The van der Waals surface area contributed by atoms with Crippen LogP contribution in [0.5, 0.6) is 0 Å². The first kappa shape index (κ1) is 15.4. The van der Waals surface area contributed by atoms with E-state index in [1.165, 1.54) is 24.3 Å². The molecule has 3 aromatic rings. The van der Waals surface area contributed by atoms with Gasteiger partial charge < -0.3 is 5.21 Å². The molecule has 0 aliphatic carbocycles. The molecular weight excluding hydrogens is 310 g/mol. The molecule has 0 aliphatic rings. The summed E-state index contributed by atoms with van der Waals surface area (Å²) in [5, 5.41) is 21.5. The predicted molar refractivity (Wildman–Crippen MR) is 86.8 cm³/mol. The van der Waals surface area contributed by atoms with E-state index in [0.29, 0.717) is 16.5 Å². The summed E-state index contributed by atoms with van der Waals surface area (Å²) in [7, 11) is 0. The van der Waals surface area contributed by atoms with Crippen LogP contribution in [0.4, 0.5) is 5.69 Å². The highest BCUT2D eigenvalue weighted by Gasteiger charge is 2.09. The number of aryl methyl sites for hydroxylation is 1. The lowest BCUT2D eigenvalue weighted by atomic mass is 10.1. The number of carbonyl (C=O) groups is 1. The Morgan fingerprint density at radius 2 is 1.83 bits per heavy atom. The van der Waals surface area contributed by atoms with Crippen LogP contribution in [-0.2, 0) is 0 Å². The second kappa shape index (κ2) is 5.96. The number of amides is 1. The highest BCUT2D eigenvalue weighted by Crippen LogP contribution is 2.18. The number of nitro groups is 1. The smallest absolute Gasteiger partial charge is 0.279 e. The Labute approximate surface area is 136 Å². The molecule has 3 rings (SSSR count). The first-order valence-electron chi connectivity index (χ1n) is 7.11. The van der Waals surface area contributed by atoms with Crippen molar-refractivity contribution in [3.63, 3.8) is 0 Å². The van der Waals surface area contributed by atoms with Gasteiger partial charge in [-0.3, -0.25) is 14.9 Å². The van der Waals surface area contributed by atoms with E-state index < -0.39 is 10.8 Å². The highest BCUT2D eigenvalue weighted by atomic mass is 16.6. The van der Waals surface area contributed by atoms with Crippen LogP contribution in [0.1, 0.15) is 15.9 Å².